The Morgan fingerprint density at radius 3 is 2.50 bits per heavy atom. The molecule has 4 amide bonds. The van der Waals surface area contributed by atoms with E-state index in [1.807, 2.05) is 37.3 Å². The predicted octanol–water partition coefficient (Wildman–Crippen LogP) is 4.70. The van der Waals surface area contributed by atoms with E-state index in [4.69, 9.17) is 0 Å². The average Bonchev–Trinajstić information content (AvgIpc) is 2.74. The first kappa shape index (κ1) is 21.2. The molecule has 0 radical (unpaired) electrons. The van der Waals surface area contributed by atoms with Crippen LogP contribution in [0.1, 0.15) is 27.8 Å². The van der Waals surface area contributed by atoms with E-state index in [-0.39, 0.29) is 11.4 Å². The fraction of sp³-hybridized carbons (Fsp3) is 0.115. The summed E-state index contributed by atoms with van der Waals surface area (Å²) in [5.74, 6) is -1.77. The van der Waals surface area contributed by atoms with Crippen LogP contribution in [0.25, 0.3) is 6.08 Å². The number of urea groups is 1. The highest BCUT2D eigenvalue weighted by molar-refractivity contribution is 6.39. The number of halogens is 1. The van der Waals surface area contributed by atoms with Gasteiger partial charge in [0.05, 0.1) is 5.69 Å². The number of benzene rings is 3. The van der Waals surface area contributed by atoms with Crippen molar-refractivity contribution in [1.29, 1.82) is 0 Å². The second kappa shape index (κ2) is 8.59. The molecule has 3 aromatic carbocycles. The molecule has 1 N–H and O–H groups in total. The predicted molar refractivity (Wildman–Crippen MR) is 121 cm³/mol. The summed E-state index contributed by atoms with van der Waals surface area (Å²) in [4.78, 5) is 39.3. The number of imide groups is 2. The minimum absolute atomic E-state index is 0.141. The maximum Gasteiger partial charge on any atom is 0.335 e. The molecule has 0 saturated carbocycles. The monoisotopic (exact) mass is 428 g/mol. The van der Waals surface area contributed by atoms with Crippen molar-refractivity contribution in [2.75, 3.05) is 4.90 Å². The zero-order valence-electron chi connectivity index (χ0n) is 17.7. The van der Waals surface area contributed by atoms with Crippen LogP contribution >= 0.6 is 0 Å². The summed E-state index contributed by atoms with van der Waals surface area (Å²) in [5, 5.41) is 2.26. The molecule has 1 aliphatic heterocycles. The van der Waals surface area contributed by atoms with Gasteiger partial charge in [0.2, 0.25) is 0 Å². The summed E-state index contributed by atoms with van der Waals surface area (Å²) in [6, 6.07) is 18.2. The Bertz CT molecular complexity index is 1280. The molecule has 0 unspecified atom stereocenters. The van der Waals surface area contributed by atoms with Crippen LogP contribution in [0.3, 0.4) is 0 Å². The summed E-state index contributed by atoms with van der Waals surface area (Å²) in [5.41, 5.74) is 4.14. The van der Waals surface area contributed by atoms with Gasteiger partial charge in [0, 0.05) is 0 Å². The number of nitrogens with one attached hydrogen (secondary N) is 1. The van der Waals surface area contributed by atoms with Crippen molar-refractivity contribution >= 4 is 29.6 Å². The van der Waals surface area contributed by atoms with Crippen LogP contribution in [0.5, 0.6) is 0 Å². The number of aryl methyl sites for hydroxylation is 2. The molecule has 0 aromatic heterocycles. The normalized spacial score (nSPS) is 15.3. The van der Waals surface area contributed by atoms with Crippen LogP contribution in [0.15, 0.2) is 72.3 Å². The van der Waals surface area contributed by atoms with Gasteiger partial charge in [-0.25, -0.2) is 14.1 Å². The number of barbiturate groups is 1. The number of carbonyl (C=O) groups excluding carboxylic acids is 3. The minimum atomic E-state index is -0.779. The molecule has 0 aliphatic carbocycles. The summed E-state index contributed by atoms with van der Waals surface area (Å²) >= 11 is 0. The van der Waals surface area contributed by atoms with Crippen LogP contribution in [0.4, 0.5) is 14.9 Å². The first-order valence-corrected chi connectivity index (χ1v) is 10.1. The van der Waals surface area contributed by atoms with E-state index in [1.54, 1.807) is 31.2 Å². The molecule has 1 heterocycles. The number of anilines is 1. The van der Waals surface area contributed by atoms with Gasteiger partial charge in [0.25, 0.3) is 11.8 Å². The van der Waals surface area contributed by atoms with E-state index in [2.05, 4.69) is 5.32 Å². The van der Waals surface area contributed by atoms with E-state index in [9.17, 15) is 18.8 Å². The lowest BCUT2D eigenvalue weighted by molar-refractivity contribution is -0.122. The smallest absolute Gasteiger partial charge is 0.273 e. The fourth-order valence-electron chi connectivity index (χ4n) is 3.69. The Kier molecular flexibility index (Phi) is 5.69. The number of amides is 4. The fourth-order valence-corrected chi connectivity index (χ4v) is 3.69. The summed E-state index contributed by atoms with van der Waals surface area (Å²) in [7, 11) is 0. The highest BCUT2D eigenvalue weighted by Crippen LogP contribution is 2.27. The highest BCUT2D eigenvalue weighted by atomic mass is 19.1. The Morgan fingerprint density at radius 2 is 1.72 bits per heavy atom. The SMILES string of the molecule is Cc1ccc(C)c(N2C(=O)NC(=O)/C(=C\c3ccccc3Cc3cccc(F)c3)C2=O)c1. The zero-order chi connectivity index (χ0) is 22.8. The third-order valence-corrected chi connectivity index (χ3v) is 5.35. The molecule has 6 heteroatoms. The zero-order valence-corrected chi connectivity index (χ0v) is 17.7. The van der Waals surface area contributed by atoms with Crippen molar-refractivity contribution in [2.45, 2.75) is 20.3 Å². The lowest BCUT2D eigenvalue weighted by atomic mass is 9.97. The second-order valence-electron chi connectivity index (χ2n) is 7.75. The molecular weight excluding hydrogens is 407 g/mol. The first-order chi connectivity index (χ1) is 15.3. The minimum Gasteiger partial charge on any atom is -0.273 e. The van der Waals surface area contributed by atoms with Crippen molar-refractivity contribution in [3.63, 3.8) is 0 Å². The van der Waals surface area contributed by atoms with Gasteiger partial charge in [0.1, 0.15) is 11.4 Å². The van der Waals surface area contributed by atoms with Crippen LogP contribution < -0.4 is 10.2 Å². The molecule has 4 rings (SSSR count). The van der Waals surface area contributed by atoms with Gasteiger partial charge < -0.3 is 0 Å². The molecule has 1 aliphatic rings. The average molecular weight is 428 g/mol. The maximum absolute atomic E-state index is 13.6. The van der Waals surface area contributed by atoms with Crippen molar-refractivity contribution in [1.82, 2.24) is 5.32 Å². The lowest BCUT2D eigenvalue weighted by Crippen LogP contribution is -2.54. The molecule has 1 saturated heterocycles. The van der Waals surface area contributed by atoms with Crippen molar-refractivity contribution in [3.8, 4) is 0 Å². The number of carbonyl (C=O) groups is 3. The van der Waals surface area contributed by atoms with Crippen molar-refractivity contribution in [3.05, 3.63) is 106 Å². The molecule has 5 nitrogen and oxygen atoms in total. The van der Waals surface area contributed by atoms with Crippen LogP contribution in [0.2, 0.25) is 0 Å². The summed E-state index contributed by atoms with van der Waals surface area (Å²) in [6.07, 6.45) is 1.91. The quantitative estimate of drug-likeness (QED) is 0.484. The van der Waals surface area contributed by atoms with Gasteiger partial charge in [-0.3, -0.25) is 14.9 Å². The molecule has 1 fully saturated rings. The van der Waals surface area contributed by atoms with Crippen LogP contribution in [0, 0.1) is 19.7 Å². The number of nitrogens with zero attached hydrogens (tertiary/aromatic N) is 1. The van der Waals surface area contributed by atoms with E-state index in [0.29, 0.717) is 17.7 Å². The Balaban J connectivity index is 1.74. The molecular formula is C26H21FN2O3. The van der Waals surface area contributed by atoms with Gasteiger partial charge in [-0.1, -0.05) is 48.5 Å². The van der Waals surface area contributed by atoms with Gasteiger partial charge >= 0.3 is 6.03 Å². The third-order valence-electron chi connectivity index (χ3n) is 5.35. The van der Waals surface area contributed by atoms with Crippen molar-refractivity contribution < 1.29 is 18.8 Å². The highest BCUT2D eigenvalue weighted by Gasteiger charge is 2.37. The van der Waals surface area contributed by atoms with E-state index >= 15 is 0 Å². The number of hydrogen-bond donors (Lipinski definition) is 1. The van der Waals surface area contributed by atoms with Gasteiger partial charge in [0.15, 0.2) is 0 Å². The van der Waals surface area contributed by atoms with Crippen LogP contribution in [-0.4, -0.2) is 17.8 Å². The number of hydrogen-bond acceptors (Lipinski definition) is 3. The molecule has 0 spiro atoms. The molecule has 0 atom stereocenters. The maximum atomic E-state index is 13.6. The largest absolute Gasteiger partial charge is 0.335 e. The molecule has 0 bridgehead atoms. The second-order valence-corrected chi connectivity index (χ2v) is 7.75. The standard InChI is InChI=1S/C26H21FN2O3/c1-16-10-11-17(2)23(12-16)29-25(31)22(24(30)28-26(29)32)15-20-8-4-3-7-19(20)13-18-6-5-9-21(27)14-18/h3-12,14-15H,13H2,1-2H3,(H,28,30,32)/b22-15+. The molecule has 160 valence electrons. The lowest BCUT2D eigenvalue weighted by Gasteiger charge is -2.28. The Hall–Kier alpha value is -4.06. The topological polar surface area (TPSA) is 66.5 Å². The van der Waals surface area contributed by atoms with E-state index in [1.165, 1.54) is 18.2 Å². The van der Waals surface area contributed by atoms with Gasteiger partial charge in [-0.2, -0.15) is 0 Å². The molecule has 3 aromatic rings. The van der Waals surface area contributed by atoms with Crippen molar-refractivity contribution in [2.24, 2.45) is 0 Å². The van der Waals surface area contributed by atoms with Gasteiger partial charge in [-0.05, 0) is 72.4 Å². The van der Waals surface area contributed by atoms with Gasteiger partial charge in [-0.15, -0.1) is 0 Å². The number of rotatable bonds is 4. The Morgan fingerprint density at radius 1 is 0.938 bits per heavy atom. The third kappa shape index (κ3) is 4.21. The Labute approximate surface area is 185 Å². The van der Waals surface area contributed by atoms with Crippen LogP contribution in [-0.2, 0) is 16.0 Å². The summed E-state index contributed by atoms with van der Waals surface area (Å²) in [6.45, 7) is 3.66. The van der Waals surface area contributed by atoms with E-state index < -0.39 is 17.8 Å². The van der Waals surface area contributed by atoms with E-state index in [0.717, 1.165) is 27.2 Å². The summed E-state index contributed by atoms with van der Waals surface area (Å²) < 4.78 is 13.6. The first-order valence-electron chi connectivity index (χ1n) is 10.1. The molecule has 32 heavy (non-hydrogen) atoms.